The third-order valence-corrected chi connectivity index (χ3v) is 3.74. The summed E-state index contributed by atoms with van der Waals surface area (Å²) in [6, 6.07) is 6.09. The van der Waals surface area contributed by atoms with E-state index in [9.17, 15) is 9.18 Å². The minimum atomic E-state index is -0.334. The van der Waals surface area contributed by atoms with Gasteiger partial charge >= 0.3 is 0 Å². The molecule has 1 aliphatic rings. The van der Waals surface area contributed by atoms with Crippen LogP contribution >= 0.6 is 0 Å². The van der Waals surface area contributed by atoms with E-state index in [1.807, 2.05) is 0 Å². The Balaban J connectivity index is 1.80. The standard InChI is InChI=1S/C15H16FN3O2/c1-10(20)19-7-3-5-12(9-19)15-17-14(18-21-15)11-4-2-6-13(16)8-11/h2,4,6,8,12H,3,5,7,9H2,1H3/t12-/m0/s1. The fourth-order valence-electron chi connectivity index (χ4n) is 2.61. The quantitative estimate of drug-likeness (QED) is 0.852. The summed E-state index contributed by atoms with van der Waals surface area (Å²) in [7, 11) is 0. The van der Waals surface area contributed by atoms with Gasteiger partial charge in [-0.05, 0) is 25.0 Å². The van der Waals surface area contributed by atoms with E-state index >= 15 is 0 Å². The summed E-state index contributed by atoms with van der Waals surface area (Å²) < 4.78 is 18.5. The highest BCUT2D eigenvalue weighted by molar-refractivity contribution is 5.73. The number of hydrogen-bond donors (Lipinski definition) is 0. The zero-order chi connectivity index (χ0) is 14.8. The maximum atomic E-state index is 13.2. The zero-order valence-corrected chi connectivity index (χ0v) is 11.8. The first-order chi connectivity index (χ1) is 10.1. The number of rotatable bonds is 2. The summed E-state index contributed by atoms with van der Waals surface area (Å²) in [5.74, 6) is 0.672. The molecule has 0 N–H and O–H groups in total. The molecule has 5 nitrogen and oxygen atoms in total. The minimum absolute atomic E-state index is 0.0532. The van der Waals surface area contributed by atoms with E-state index < -0.39 is 0 Å². The minimum Gasteiger partial charge on any atom is -0.342 e. The highest BCUT2D eigenvalue weighted by Crippen LogP contribution is 2.27. The van der Waals surface area contributed by atoms with Crippen LogP contribution in [0.25, 0.3) is 11.4 Å². The van der Waals surface area contributed by atoms with E-state index in [0.717, 1.165) is 19.4 Å². The molecule has 0 radical (unpaired) electrons. The molecule has 0 bridgehead atoms. The van der Waals surface area contributed by atoms with E-state index in [1.54, 1.807) is 24.0 Å². The monoisotopic (exact) mass is 289 g/mol. The number of amides is 1. The van der Waals surface area contributed by atoms with E-state index in [4.69, 9.17) is 4.52 Å². The van der Waals surface area contributed by atoms with Crippen molar-refractivity contribution < 1.29 is 13.7 Å². The Morgan fingerprint density at radius 1 is 1.48 bits per heavy atom. The predicted molar refractivity (Wildman–Crippen MR) is 73.9 cm³/mol. The first kappa shape index (κ1) is 13.7. The molecule has 1 atom stereocenters. The lowest BCUT2D eigenvalue weighted by Gasteiger charge is -2.29. The Morgan fingerprint density at radius 3 is 3.10 bits per heavy atom. The topological polar surface area (TPSA) is 59.2 Å². The van der Waals surface area contributed by atoms with Gasteiger partial charge in [0.25, 0.3) is 0 Å². The van der Waals surface area contributed by atoms with Crippen LogP contribution in [-0.2, 0) is 4.79 Å². The van der Waals surface area contributed by atoms with Crippen LogP contribution in [0.15, 0.2) is 28.8 Å². The maximum Gasteiger partial charge on any atom is 0.231 e. The van der Waals surface area contributed by atoms with Gasteiger partial charge in [0.1, 0.15) is 5.82 Å². The van der Waals surface area contributed by atoms with Gasteiger partial charge in [0.2, 0.25) is 17.6 Å². The van der Waals surface area contributed by atoms with E-state index in [2.05, 4.69) is 10.1 Å². The van der Waals surface area contributed by atoms with Crippen LogP contribution in [0.2, 0.25) is 0 Å². The fourth-order valence-corrected chi connectivity index (χ4v) is 2.61. The molecule has 0 aliphatic carbocycles. The summed E-state index contributed by atoms with van der Waals surface area (Å²) in [5.41, 5.74) is 0.587. The molecular formula is C15H16FN3O2. The summed E-state index contributed by atoms with van der Waals surface area (Å²) in [6.07, 6.45) is 1.83. The van der Waals surface area contributed by atoms with Crippen molar-refractivity contribution in [1.82, 2.24) is 15.0 Å². The Kier molecular flexibility index (Phi) is 3.68. The first-order valence-electron chi connectivity index (χ1n) is 6.98. The number of carbonyl (C=O) groups excluding carboxylic acids is 1. The Bertz CT molecular complexity index is 656. The van der Waals surface area contributed by atoms with Gasteiger partial charge in [-0.1, -0.05) is 17.3 Å². The Morgan fingerprint density at radius 2 is 2.33 bits per heavy atom. The molecule has 1 aliphatic heterocycles. The number of halogens is 1. The molecule has 3 rings (SSSR count). The number of likely N-dealkylation sites (tertiary alicyclic amines) is 1. The van der Waals surface area contributed by atoms with Gasteiger partial charge in [0.15, 0.2) is 0 Å². The molecule has 110 valence electrons. The third-order valence-electron chi connectivity index (χ3n) is 3.74. The molecule has 1 saturated heterocycles. The Labute approximate surface area is 121 Å². The highest BCUT2D eigenvalue weighted by Gasteiger charge is 2.27. The molecule has 6 heteroatoms. The van der Waals surface area contributed by atoms with Crippen LogP contribution in [-0.4, -0.2) is 34.0 Å². The molecule has 1 amide bonds. The fraction of sp³-hybridized carbons (Fsp3) is 0.400. The molecule has 21 heavy (non-hydrogen) atoms. The highest BCUT2D eigenvalue weighted by atomic mass is 19.1. The summed E-state index contributed by atoms with van der Waals surface area (Å²) in [5, 5.41) is 3.92. The number of hydrogen-bond acceptors (Lipinski definition) is 4. The zero-order valence-electron chi connectivity index (χ0n) is 11.8. The smallest absolute Gasteiger partial charge is 0.231 e. The lowest BCUT2D eigenvalue weighted by molar-refractivity contribution is -0.130. The molecule has 2 heterocycles. The van der Waals surface area contributed by atoms with Gasteiger partial charge in [0.05, 0.1) is 5.92 Å². The van der Waals surface area contributed by atoms with E-state index in [-0.39, 0.29) is 17.6 Å². The van der Waals surface area contributed by atoms with Crippen molar-refractivity contribution in [2.45, 2.75) is 25.7 Å². The average Bonchev–Trinajstić information content (AvgIpc) is 2.97. The number of aromatic nitrogens is 2. The summed E-state index contributed by atoms with van der Waals surface area (Å²) in [6.45, 7) is 2.94. The van der Waals surface area contributed by atoms with Crippen LogP contribution in [0.1, 0.15) is 31.6 Å². The lowest BCUT2D eigenvalue weighted by Crippen LogP contribution is -2.37. The molecule has 0 saturated carbocycles. The second-order valence-electron chi connectivity index (χ2n) is 5.27. The number of nitrogens with zero attached hydrogens (tertiary/aromatic N) is 3. The van der Waals surface area contributed by atoms with E-state index in [0.29, 0.717) is 23.8 Å². The predicted octanol–water partition coefficient (Wildman–Crippen LogP) is 2.60. The van der Waals surface area contributed by atoms with E-state index in [1.165, 1.54) is 12.1 Å². The van der Waals surface area contributed by atoms with Crippen molar-refractivity contribution in [3.8, 4) is 11.4 Å². The molecule has 1 fully saturated rings. The third kappa shape index (κ3) is 2.94. The number of piperidine rings is 1. The van der Waals surface area contributed by atoms with Crippen molar-refractivity contribution in [3.05, 3.63) is 36.0 Å². The van der Waals surface area contributed by atoms with Gasteiger partial charge in [-0.25, -0.2) is 4.39 Å². The lowest BCUT2D eigenvalue weighted by atomic mass is 9.98. The van der Waals surface area contributed by atoms with Crippen LogP contribution in [0.5, 0.6) is 0 Å². The van der Waals surface area contributed by atoms with Crippen molar-refractivity contribution in [3.63, 3.8) is 0 Å². The van der Waals surface area contributed by atoms with Crippen molar-refractivity contribution in [1.29, 1.82) is 0 Å². The number of benzene rings is 1. The van der Waals surface area contributed by atoms with Crippen LogP contribution < -0.4 is 0 Å². The van der Waals surface area contributed by atoms with Crippen molar-refractivity contribution in [2.24, 2.45) is 0 Å². The normalized spacial score (nSPS) is 18.8. The van der Waals surface area contributed by atoms with Gasteiger partial charge < -0.3 is 9.42 Å². The average molecular weight is 289 g/mol. The first-order valence-corrected chi connectivity index (χ1v) is 6.98. The van der Waals surface area contributed by atoms with Crippen LogP contribution in [0, 0.1) is 5.82 Å². The number of carbonyl (C=O) groups is 1. The Hall–Kier alpha value is -2.24. The summed E-state index contributed by atoms with van der Waals surface area (Å²) in [4.78, 5) is 17.6. The maximum absolute atomic E-state index is 13.2. The largest absolute Gasteiger partial charge is 0.342 e. The second-order valence-corrected chi connectivity index (χ2v) is 5.27. The van der Waals surface area contributed by atoms with Crippen LogP contribution in [0.3, 0.4) is 0 Å². The molecule has 1 aromatic carbocycles. The molecular weight excluding hydrogens is 273 g/mol. The van der Waals surface area contributed by atoms with Crippen molar-refractivity contribution in [2.75, 3.05) is 13.1 Å². The molecule has 0 unspecified atom stereocenters. The van der Waals surface area contributed by atoms with Gasteiger partial charge in [-0.3, -0.25) is 4.79 Å². The van der Waals surface area contributed by atoms with Crippen LogP contribution in [0.4, 0.5) is 4.39 Å². The second kappa shape index (κ2) is 5.63. The van der Waals surface area contributed by atoms with Gasteiger partial charge in [-0.2, -0.15) is 4.98 Å². The van der Waals surface area contributed by atoms with Gasteiger partial charge in [0, 0.05) is 25.6 Å². The van der Waals surface area contributed by atoms with Crippen molar-refractivity contribution >= 4 is 5.91 Å². The molecule has 2 aromatic rings. The molecule has 1 aromatic heterocycles. The summed E-state index contributed by atoms with van der Waals surface area (Å²) >= 11 is 0. The SMILES string of the molecule is CC(=O)N1CCC[C@H](c2nc(-c3cccc(F)c3)no2)C1. The van der Waals surface area contributed by atoms with Gasteiger partial charge in [-0.15, -0.1) is 0 Å². The molecule has 0 spiro atoms.